The van der Waals surface area contributed by atoms with Crippen LogP contribution < -0.4 is 0 Å². The van der Waals surface area contributed by atoms with Crippen molar-refractivity contribution in [1.29, 1.82) is 0 Å². The van der Waals surface area contributed by atoms with E-state index in [9.17, 15) is 13.9 Å². The Kier molecular flexibility index (Phi) is 3.14. The minimum absolute atomic E-state index is 0.198. The van der Waals surface area contributed by atoms with Crippen LogP contribution in [0.3, 0.4) is 0 Å². The van der Waals surface area contributed by atoms with Gasteiger partial charge in [0.15, 0.2) is 10.6 Å². The highest BCUT2D eigenvalue weighted by Crippen LogP contribution is 2.32. The predicted molar refractivity (Wildman–Crippen MR) is 70.6 cm³/mol. The highest BCUT2D eigenvalue weighted by molar-refractivity contribution is 7.71. The van der Waals surface area contributed by atoms with Gasteiger partial charge >= 0.3 is 0 Å². The van der Waals surface area contributed by atoms with E-state index in [4.69, 9.17) is 12.2 Å². The first kappa shape index (κ1) is 12.7. The summed E-state index contributed by atoms with van der Waals surface area (Å²) in [4.78, 5) is 2.77. The van der Waals surface area contributed by atoms with Gasteiger partial charge in [0.05, 0.1) is 17.7 Å². The fourth-order valence-electron chi connectivity index (χ4n) is 2.87. The molecule has 2 N–H and O–H groups in total. The molecule has 0 radical (unpaired) electrons. The summed E-state index contributed by atoms with van der Waals surface area (Å²) in [5, 5.41) is 10.1. The maximum absolute atomic E-state index is 13.7. The molecule has 0 saturated heterocycles. The van der Waals surface area contributed by atoms with Crippen LogP contribution in [-0.2, 0) is 0 Å². The molecule has 6 heteroatoms. The molecule has 1 saturated carbocycles. The number of nitrogens with one attached hydrogen (secondary N) is 1. The minimum Gasteiger partial charge on any atom is -0.391 e. The number of nitrogens with zero attached hydrogens (tertiary/aromatic N) is 1. The topological polar surface area (TPSA) is 41.0 Å². The highest BCUT2D eigenvalue weighted by atomic mass is 32.1. The summed E-state index contributed by atoms with van der Waals surface area (Å²) >= 11 is 5.20. The van der Waals surface area contributed by atoms with Crippen molar-refractivity contribution in [1.82, 2.24) is 9.55 Å². The average molecular weight is 284 g/mol. The molecule has 0 bridgehead atoms. The molecular formula is C13H14F2N2OS. The van der Waals surface area contributed by atoms with Gasteiger partial charge in [0.2, 0.25) is 0 Å². The number of aliphatic hydroxyl groups excluding tert-OH is 1. The summed E-state index contributed by atoms with van der Waals surface area (Å²) in [6.07, 6.45) is 2.88. The fraction of sp³-hybridized carbons (Fsp3) is 0.462. The van der Waals surface area contributed by atoms with Crippen LogP contribution in [0.2, 0.25) is 0 Å². The Labute approximate surface area is 113 Å². The second kappa shape index (κ2) is 4.68. The monoisotopic (exact) mass is 284 g/mol. The number of aliphatic hydroxyl groups is 1. The summed E-state index contributed by atoms with van der Waals surface area (Å²) in [5.41, 5.74) is 0.581. The Morgan fingerprint density at radius 2 is 2.00 bits per heavy atom. The first-order valence-electron chi connectivity index (χ1n) is 6.35. The van der Waals surface area contributed by atoms with Crippen molar-refractivity contribution in [2.24, 2.45) is 0 Å². The van der Waals surface area contributed by atoms with Gasteiger partial charge in [-0.3, -0.25) is 0 Å². The molecule has 102 valence electrons. The van der Waals surface area contributed by atoms with Gasteiger partial charge in [-0.15, -0.1) is 0 Å². The zero-order chi connectivity index (χ0) is 13.6. The molecule has 0 spiro atoms. The smallest absolute Gasteiger partial charge is 0.178 e. The van der Waals surface area contributed by atoms with Crippen molar-refractivity contribution in [2.45, 2.75) is 37.8 Å². The summed E-state index contributed by atoms with van der Waals surface area (Å²) in [7, 11) is 0. The molecule has 1 heterocycles. The van der Waals surface area contributed by atoms with Crippen molar-refractivity contribution in [3.05, 3.63) is 28.5 Å². The van der Waals surface area contributed by atoms with E-state index in [2.05, 4.69) is 4.98 Å². The van der Waals surface area contributed by atoms with Gasteiger partial charge in [-0.2, -0.15) is 0 Å². The molecule has 0 amide bonds. The summed E-state index contributed by atoms with van der Waals surface area (Å²) in [5.74, 6) is -1.30. The number of rotatable bonds is 1. The number of aromatic nitrogens is 2. The number of hydrogen-bond acceptors (Lipinski definition) is 2. The molecule has 1 aromatic carbocycles. The SMILES string of the molecule is OC1CCCCC1n1c(=S)[nH]c2c(F)cc(F)cc21. The van der Waals surface area contributed by atoms with Gasteiger partial charge in [-0.25, -0.2) is 8.78 Å². The molecule has 2 atom stereocenters. The van der Waals surface area contributed by atoms with Gasteiger partial charge in [0.25, 0.3) is 0 Å². The Morgan fingerprint density at radius 1 is 1.26 bits per heavy atom. The highest BCUT2D eigenvalue weighted by Gasteiger charge is 2.27. The molecule has 1 fully saturated rings. The van der Waals surface area contributed by atoms with E-state index in [1.165, 1.54) is 6.07 Å². The van der Waals surface area contributed by atoms with E-state index in [1.54, 1.807) is 4.57 Å². The lowest BCUT2D eigenvalue weighted by atomic mass is 9.92. The van der Waals surface area contributed by atoms with E-state index in [1.807, 2.05) is 0 Å². The zero-order valence-corrected chi connectivity index (χ0v) is 11.0. The third-order valence-electron chi connectivity index (χ3n) is 3.77. The van der Waals surface area contributed by atoms with Crippen LogP contribution in [0.5, 0.6) is 0 Å². The quantitative estimate of drug-likeness (QED) is 0.787. The number of hydrogen-bond donors (Lipinski definition) is 2. The Bertz CT molecular complexity index is 679. The number of benzene rings is 1. The largest absolute Gasteiger partial charge is 0.391 e. The molecule has 3 rings (SSSR count). The molecule has 1 aromatic heterocycles. The standard InChI is InChI=1S/C13H14F2N2OS/c14-7-5-8(15)12-10(6-7)17(13(19)16-12)9-3-1-2-4-11(9)18/h5-6,9,11,18H,1-4H2,(H,16,19). The molecule has 3 nitrogen and oxygen atoms in total. The maximum atomic E-state index is 13.7. The number of imidazole rings is 1. The van der Waals surface area contributed by atoms with Crippen LogP contribution in [0.4, 0.5) is 8.78 Å². The zero-order valence-electron chi connectivity index (χ0n) is 10.2. The molecule has 0 aliphatic heterocycles. The van der Waals surface area contributed by atoms with Crippen LogP contribution in [0.1, 0.15) is 31.7 Å². The van der Waals surface area contributed by atoms with Gasteiger partial charge in [0, 0.05) is 6.07 Å². The van der Waals surface area contributed by atoms with Gasteiger partial charge in [0.1, 0.15) is 11.3 Å². The van der Waals surface area contributed by atoms with E-state index in [0.717, 1.165) is 25.3 Å². The normalized spacial score (nSPS) is 23.9. The van der Waals surface area contributed by atoms with Crippen LogP contribution in [-0.4, -0.2) is 20.8 Å². The van der Waals surface area contributed by atoms with Crippen LogP contribution >= 0.6 is 12.2 Å². The van der Waals surface area contributed by atoms with Crippen molar-refractivity contribution >= 4 is 23.3 Å². The third kappa shape index (κ3) is 2.08. The predicted octanol–water partition coefficient (Wildman–Crippen LogP) is 3.45. The first-order chi connectivity index (χ1) is 9.08. The maximum Gasteiger partial charge on any atom is 0.178 e. The number of H-pyrrole nitrogens is 1. The average Bonchev–Trinajstić information content (AvgIpc) is 2.67. The Balaban J connectivity index is 2.22. The van der Waals surface area contributed by atoms with Gasteiger partial charge in [-0.1, -0.05) is 12.8 Å². The number of fused-ring (bicyclic) bond motifs is 1. The minimum atomic E-state index is -0.662. The number of aromatic amines is 1. The molecule has 2 aromatic rings. The summed E-state index contributed by atoms with van der Waals surface area (Å²) < 4.78 is 29.1. The van der Waals surface area contributed by atoms with Crippen LogP contribution in [0.15, 0.2) is 12.1 Å². The van der Waals surface area contributed by atoms with E-state index in [0.29, 0.717) is 16.7 Å². The Hall–Kier alpha value is -1.27. The lowest BCUT2D eigenvalue weighted by Crippen LogP contribution is -2.27. The van der Waals surface area contributed by atoms with Crippen molar-refractivity contribution in [3.63, 3.8) is 0 Å². The van der Waals surface area contributed by atoms with E-state index < -0.39 is 17.7 Å². The van der Waals surface area contributed by atoms with Crippen LogP contribution in [0.25, 0.3) is 11.0 Å². The van der Waals surface area contributed by atoms with Gasteiger partial charge < -0.3 is 14.7 Å². The fourth-order valence-corrected chi connectivity index (χ4v) is 3.21. The molecule has 19 heavy (non-hydrogen) atoms. The molecule has 1 aliphatic rings. The lowest BCUT2D eigenvalue weighted by molar-refractivity contribution is 0.0767. The summed E-state index contributed by atoms with van der Waals surface area (Å²) in [6.45, 7) is 0. The number of halogens is 2. The van der Waals surface area contributed by atoms with Gasteiger partial charge in [-0.05, 0) is 31.1 Å². The third-order valence-corrected chi connectivity index (χ3v) is 4.07. The molecule has 1 aliphatic carbocycles. The van der Waals surface area contributed by atoms with Crippen molar-refractivity contribution in [2.75, 3.05) is 0 Å². The van der Waals surface area contributed by atoms with Crippen molar-refractivity contribution in [3.8, 4) is 0 Å². The first-order valence-corrected chi connectivity index (χ1v) is 6.76. The van der Waals surface area contributed by atoms with Crippen LogP contribution in [0, 0.1) is 16.4 Å². The van der Waals surface area contributed by atoms with E-state index in [-0.39, 0.29) is 11.6 Å². The summed E-state index contributed by atoms with van der Waals surface area (Å²) in [6, 6.07) is 1.87. The molecular weight excluding hydrogens is 270 g/mol. The second-order valence-corrected chi connectivity index (χ2v) is 5.39. The van der Waals surface area contributed by atoms with Crippen molar-refractivity contribution < 1.29 is 13.9 Å². The molecule has 2 unspecified atom stereocenters. The Morgan fingerprint density at radius 3 is 2.74 bits per heavy atom. The second-order valence-electron chi connectivity index (χ2n) is 5.00. The lowest BCUT2D eigenvalue weighted by Gasteiger charge is -2.29. The van der Waals surface area contributed by atoms with E-state index >= 15 is 0 Å².